The predicted octanol–water partition coefficient (Wildman–Crippen LogP) is 3.88. The Morgan fingerprint density at radius 2 is 1.83 bits per heavy atom. The van der Waals surface area contributed by atoms with E-state index in [9.17, 15) is 4.79 Å². The summed E-state index contributed by atoms with van der Waals surface area (Å²) < 4.78 is 12.3. The molecule has 0 bridgehead atoms. The first-order chi connectivity index (χ1) is 11.1. The van der Waals surface area contributed by atoms with E-state index in [-0.39, 0.29) is 5.43 Å². The summed E-state index contributed by atoms with van der Waals surface area (Å²) in [5.74, 6) is 1.31. The highest BCUT2D eigenvalue weighted by Crippen LogP contribution is 2.34. The SMILES string of the molecule is Cc1c(-c2cccc(I)c2)[nH]c2cc3c(cc2c1=O)OCCO3. The van der Waals surface area contributed by atoms with Crippen molar-refractivity contribution in [3.63, 3.8) is 0 Å². The number of hydrogen-bond acceptors (Lipinski definition) is 3. The first kappa shape index (κ1) is 14.6. The van der Waals surface area contributed by atoms with E-state index in [0.29, 0.717) is 35.7 Å². The molecule has 0 fully saturated rings. The van der Waals surface area contributed by atoms with Crippen molar-refractivity contribution in [2.45, 2.75) is 6.92 Å². The molecule has 1 aliphatic heterocycles. The average Bonchev–Trinajstić information content (AvgIpc) is 2.57. The fraction of sp³-hybridized carbons (Fsp3) is 0.167. The maximum absolute atomic E-state index is 12.8. The van der Waals surface area contributed by atoms with Crippen molar-refractivity contribution in [3.05, 3.63) is 55.8 Å². The summed E-state index contributed by atoms with van der Waals surface area (Å²) >= 11 is 2.27. The quantitative estimate of drug-likeness (QED) is 0.610. The van der Waals surface area contributed by atoms with Gasteiger partial charge in [0.25, 0.3) is 0 Å². The van der Waals surface area contributed by atoms with E-state index < -0.39 is 0 Å². The van der Waals surface area contributed by atoms with Crippen LogP contribution >= 0.6 is 22.6 Å². The van der Waals surface area contributed by atoms with Crippen LogP contribution in [0.4, 0.5) is 0 Å². The van der Waals surface area contributed by atoms with E-state index in [1.165, 1.54) is 0 Å². The number of H-pyrrole nitrogens is 1. The van der Waals surface area contributed by atoms with Crippen molar-refractivity contribution < 1.29 is 9.47 Å². The minimum atomic E-state index is 0.0181. The lowest BCUT2D eigenvalue weighted by atomic mass is 10.0. The zero-order chi connectivity index (χ0) is 16.0. The van der Waals surface area contributed by atoms with Crippen molar-refractivity contribution in [1.82, 2.24) is 4.98 Å². The first-order valence-corrected chi connectivity index (χ1v) is 8.43. The van der Waals surface area contributed by atoms with Gasteiger partial charge in [-0.15, -0.1) is 0 Å². The summed E-state index contributed by atoms with van der Waals surface area (Å²) in [6.07, 6.45) is 0. The van der Waals surface area contributed by atoms with Crippen molar-refractivity contribution in [3.8, 4) is 22.8 Å². The Morgan fingerprint density at radius 1 is 1.09 bits per heavy atom. The summed E-state index contributed by atoms with van der Waals surface area (Å²) in [5, 5.41) is 0.626. The number of rotatable bonds is 1. The minimum absolute atomic E-state index is 0.0181. The molecule has 1 aromatic heterocycles. The van der Waals surface area contributed by atoms with Crippen LogP contribution in [0.15, 0.2) is 41.2 Å². The zero-order valence-corrected chi connectivity index (χ0v) is 14.6. The Hall–Kier alpha value is -2.02. The van der Waals surface area contributed by atoms with Gasteiger partial charge in [-0.1, -0.05) is 12.1 Å². The van der Waals surface area contributed by atoms with Crippen LogP contribution in [0, 0.1) is 10.5 Å². The molecule has 0 saturated heterocycles. The molecule has 5 heteroatoms. The van der Waals surface area contributed by atoms with E-state index in [1.807, 2.05) is 31.2 Å². The van der Waals surface area contributed by atoms with E-state index in [4.69, 9.17) is 9.47 Å². The van der Waals surface area contributed by atoms with Crippen molar-refractivity contribution >= 4 is 33.5 Å². The predicted molar refractivity (Wildman–Crippen MR) is 98.4 cm³/mol. The Morgan fingerprint density at radius 3 is 2.57 bits per heavy atom. The van der Waals surface area contributed by atoms with Crippen LogP contribution < -0.4 is 14.9 Å². The highest BCUT2D eigenvalue weighted by molar-refractivity contribution is 14.1. The molecule has 23 heavy (non-hydrogen) atoms. The molecule has 0 atom stereocenters. The number of benzene rings is 2. The van der Waals surface area contributed by atoms with Gasteiger partial charge in [0.05, 0.1) is 11.2 Å². The molecule has 4 rings (SSSR count). The van der Waals surface area contributed by atoms with Gasteiger partial charge in [0.2, 0.25) is 0 Å². The maximum Gasteiger partial charge on any atom is 0.193 e. The van der Waals surface area contributed by atoms with Gasteiger partial charge in [-0.25, -0.2) is 0 Å². The third-order valence-corrected chi connectivity index (χ3v) is 4.69. The Labute approximate surface area is 146 Å². The number of fused-ring (bicyclic) bond motifs is 2. The standard InChI is InChI=1S/C18H14INO3/c1-10-17(11-3-2-4-12(19)7-11)20-14-9-16-15(22-5-6-23-16)8-13(14)18(10)21/h2-4,7-9H,5-6H2,1H3,(H,20,21). The molecule has 0 saturated carbocycles. The molecule has 0 aliphatic carbocycles. The van der Waals surface area contributed by atoms with Crippen LogP contribution in [0.5, 0.6) is 11.5 Å². The second kappa shape index (κ2) is 5.56. The van der Waals surface area contributed by atoms with Gasteiger partial charge in [0, 0.05) is 20.6 Å². The molecule has 3 aromatic rings. The van der Waals surface area contributed by atoms with E-state index in [0.717, 1.165) is 20.3 Å². The van der Waals surface area contributed by atoms with E-state index in [1.54, 1.807) is 6.07 Å². The number of pyridine rings is 1. The number of aromatic nitrogens is 1. The Bertz CT molecular complexity index is 978. The van der Waals surface area contributed by atoms with Gasteiger partial charge in [-0.05, 0) is 53.3 Å². The number of nitrogens with one attached hydrogen (secondary N) is 1. The minimum Gasteiger partial charge on any atom is -0.486 e. The normalized spacial score (nSPS) is 13.3. The first-order valence-electron chi connectivity index (χ1n) is 7.35. The second-order valence-corrected chi connectivity index (χ2v) is 6.75. The maximum atomic E-state index is 12.8. The third-order valence-electron chi connectivity index (χ3n) is 4.02. The largest absolute Gasteiger partial charge is 0.486 e. The highest BCUT2D eigenvalue weighted by atomic mass is 127. The number of aromatic amines is 1. The number of ether oxygens (including phenoxy) is 2. The lowest BCUT2D eigenvalue weighted by Crippen LogP contribution is -2.16. The zero-order valence-electron chi connectivity index (χ0n) is 12.5. The van der Waals surface area contributed by atoms with Gasteiger partial charge < -0.3 is 14.5 Å². The Balaban J connectivity index is 2.00. The number of halogens is 1. The lowest BCUT2D eigenvalue weighted by Gasteiger charge is -2.19. The molecular formula is C18H14INO3. The van der Waals surface area contributed by atoms with Gasteiger partial charge in [-0.3, -0.25) is 4.79 Å². The topological polar surface area (TPSA) is 51.3 Å². The smallest absolute Gasteiger partial charge is 0.193 e. The van der Waals surface area contributed by atoms with Gasteiger partial charge in [-0.2, -0.15) is 0 Å². The molecular weight excluding hydrogens is 405 g/mol. The molecule has 1 N–H and O–H groups in total. The Kier molecular flexibility index (Phi) is 3.52. The molecule has 0 radical (unpaired) electrons. The summed E-state index contributed by atoms with van der Waals surface area (Å²) in [5.41, 5.74) is 3.33. The monoisotopic (exact) mass is 419 g/mol. The second-order valence-electron chi connectivity index (χ2n) is 5.51. The van der Waals surface area contributed by atoms with Crippen molar-refractivity contribution in [2.75, 3.05) is 13.2 Å². The van der Waals surface area contributed by atoms with Crippen LogP contribution in [0.2, 0.25) is 0 Å². The van der Waals surface area contributed by atoms with Crippen LogP contribution in [0.1, 0.15) is 5.56 Å². The highest BCUT2D eigenvalue weighted by Gasteiger charge is 2.17. The van der Waals surface area contributed by atoms with Gasteiger partial charge in [0.15, 0.2) is 16.9 Å². The molecule has 0 unspecified atom stereocenters. The van der Waals surface area contributed by atoms with Crippen LogP contribution in [0.25, 0.3) is 22.2 Å². The van der Waals surface area contributed by atoms with Crippen LogP contribution in [-0.4, -0.2) is 18.2 Å². The number of hydrogen-bond donors (Lipinski definition) is 1. The van der Waals surface area contributed by atoms with E-state index in [2.05, 4.69) is 33.6 Å². The van der Waals surface area contributed by atoms with Crippen molar-refractivity contribution in [2.24, 2.45) is 0 Å². The molecule has 2 aromatic carbocycles. The summed E-state index contributed by atoms with van der Waals surface area (Å²) in [7, 11) is 0. The van der Waals surface area contributed by atoms with Crippen molar-refractivity contribution in [1.29, 1.82) is 0 Å². The lowest BCUT2D eigenvalue weighted by molar-refractivity contribution is 0.172. The molecule has 1 aliphatic rings. The summed E-state index contributed by atoms with van der Waals surface area (Å²) in [6, 6.07) is 11.7. The van der Waals surface area contributed by atoms with Crippen LogP contribution in [0.3, 0.4) is 0 Å². The van der Waals surface area contributed by atoms with E-state index >= 15 is 0 Å². The molecule has 4 nitrogen and oxygen atoms in total. The van der Waals surface area contributed by atoms with Crippen LogP contribution in [-0.2, 0) is 0 Å². The molecule has 2 heterocycles. The third kappa shape index (κ3) is 2.49. The molecule has 116 valence electrons. The van der Waals surface area contributed by atoms with Gasteiger partial charge >= 0.3 is 0 Å². The average molecular weight is 419 g/mol. The molecule has 0 spiro atoms. The fourth-order valence-electron chi connectivity index (χ4n) is 2.86. The van der Waals surface area contributed by atoms with Gasteiger partial charge in [0.1, 0.15) is 13.2 Å². The molecule has 0 amide bonds. The summed E-state index contributed by atoms with van der Waals surface area (Å²) in [4.78, 5) is 16.2. The summed E-state index contributed by atoms with van der Waals surface area (Å²) in [6.45, 7) is 2.89. The fourth-order valence-corrected chi connectivity index (χ4v) is 3.40.